The number of ether oxygens (including phenoxy) is 6. The summed E-state index contributed by atoms with van der Waals surface area (Å²) in [5.41, 5.74) is 6.79. The van der Waals surface area contributed by atoms with E-state index in [0.717, 1.165) is 83.8 Å². The summed E-state index contributed by atoms with van der Waals surface area (Å²) in [7, 11) is 1.74. The lowest BCUT2D eigenvalue weighted by Crippen LogP contribution is -2.55. The van der Waals surface area contributed by atoms with Crippen molar-refractivity contribution in [1.82, 2.24) is 25.1 Å². The topological polar surface area (TPSA) is 199 Å². The average Bonchev–Trinajstić information content (AvgIpc) is 4.19. The Morgan fingerprint density at radius 1 is 0.757 bits per heavy atom. The first-order chi connectivity index (χ1) is 36.1. The molecule has 2 N–H and O–H groups in total. The molecule has 2 fully saturated rings. The summed E-state index contributed by atoms with van der Waals surface area (Å²) in [5.74, 6) is 0.931. The van der Waals surface area contributed by atoms with E-state index in [9.17, 15) is 24.9 Å². The number of ketones is 1. The summed E-state index contributed by atoms with van der Waals surface area (Å²) in [5, 5.41) is 27.7. The molecule has 392 valence electrons. The SMILES string of the molecule is CN[C@@H](C)C(=O)N[C@H](C(=O)N1CCC[C@H]1c1nc(C(=O)c2cccc(OCCOCCOCCOCCOCCOc3ccc(Cn4c(C)c(C#N)c(-c5ccc(C#N)cc5)c4C)cc3)c2)cs1)C1CCCCC1. The van der Waals surface area contributed by atoms with Crippen LogP contribution in [0.25, 0.3) is 11.1 Å². The molecule has 16 nitrogen and oxygen atoms in total. The number of carbonyl (C=O) groups excluding carboxylic acids is 3. The number of nitriles is 2. The minimum absolute atomic E-state index is 0.0596. The van der Waals surface area contributed by atoms with Crippen molar-refractivity contribution in [3.8, 4) is 34.8 Å². The molecule has 17 heteroatoms. The molecular weight excluding hydrogens is 959 g/mol. The second kappa shape index (κ2) is 28.3. The van der Waals surface area contributed by atoms with Gasteiger partial charge in [0.05, 0.1) is 82.1 Å². The van der Waals surface area contributed by atoms with E-state index in [1.165, 1.54) is 11.3 Å². The van der Waals surface area contributed by atoms with E-state index in [1.807, 2.05) is 55.1 Å². The number of benzene rings is 3. The van der Waals surface area contributed by atoms with Gasteiger partial charge in [-0.1, -0.05) is 55.7 Å². The second-order valence-corrected chi connectivity index (χ2v) is 19.5. The number of likely N-dealkylation sites (N-methyl/N-ethyl adjacent to an activating group) is 1. The standard InChI is InChI=1S/C57H69N7O9S/c1-39(60-4)55(66)62-53(45-10-6-5-7-11-45)57(67)63-23-9-14-51(63)56-61-50(38-74-56)54(65)46-12-8-13-48(34-46)73-33-31-71-29-27-69-25-24-68-26-28-70-30-32-72-47-21-17-43(18-22-47)37-64-40(2)49(36-59)52(41(64)3)44-19-15-42(35-58)16-20-44/h8,12-13,15-22,34,38-39,45,51,53,60H,5-7,9-11,14,23-33,37H2,1-4H3,(H,62,66)/t39-,51-,53-/m0/s1. The Morgan fingerprint density at radius 3 is 2.01 bits per heavy atom. The van der Waals surface area contributed by atoms with Crippen LogP contribution in [0.15, 0.2) is 78.2 Å². The molecule has 0 bridgehead atoms. The molecule has 2 aromatic heterocycles. The van der Waals surface area contributed by atoms with Gasteiger partial charge >= 0.3 is 0 Å². The monoisotopic (exact) mass is 1030 g/mol. The van der Waals surface area contributed by atoms with Gasteiger partial charge in [0, 0.05) is 41.0 Å². The summed E-state index contributed by atoms with van der Waals surface area (Å²) in [6, 6.07) is 25.6. The second-order valence-electron chi connectivity index (χ2n) is 18.6. The number of amides is 2. The van der Waals surface area contributed by atoms with Crippen LogP contribution in [0.3, 0.4) is 0 Å². The quantitative estimate of drug-likeness (QED) is 0.0360. The van der Waals surface area contributed by atoms with Crippen LogP contribution < -0.4 is 20.1 Å². The van der Waals surface area contributed by atoms with Crippen LogP contribution in [0, 0.1) is 42.4 Å². The number of nitrogens with zero attached hydrogens (tertiary/aromatic N) is 5. The lowest BCUT2D eigenvalue weighted by Gasteiger charge is -2.35. The van der Waals surface area contributed by atoms with Crippen molar-refractivity contribution < 1.29 is 42.8 Å². The molecular formula is C57H69N7O9S. The van der Waals surface area contributed by atoms with Crippen molar-refractivity contribution in [1.29, 1.82) is 10.5 Å². The highest BCUT2D eigenvalue weighted by atomic mass is 32.1. The minimum Gasteiger partial charge on any atom is -0.491 e. The first-order valence-corrected chi connectivity index (χ1v) is 26.6. The third-order valence-corrected chi connectivity index (χ3v) is 14.7. The maximum Gasteiger partial charge on any atom is 0.246 e. The van der Waals surface area contributed by atoms with E-state index in [-0.39, 0.29) is 29.6 Å². The molecule has 1 saturated carbocycles. The zero-order valence-electron chi connectivity index (χ0n) is 43.1. The third-order valence-electron chi connectivity index (χ3n) is 13.8. The molecule has 0 spiro atoms. The van der Waals surface area contributed by atoms with Crippen LogP contribution in [0.1, 0.15) is 107 Å². The van der Waals surface area contributed by atoms with E-state index in [0.29, 0.717) is 107 Å². The highest BCUT2D eigenvalue weighted by Crippen LogP contribution is 2.37. The van der Waals surface area contributed by atoms with E-state index < -0.39 is 12.1 Å². The summed E-state index contributed by atoms with van der Waals surface area (Å²) >= 11 is 1.39. The number of carbonyl (C=O) groups is 3. The van der Waals surface area contributed by atoms with E-state index in [1.54, 1.807) is 55.7 Å². The van der Waals surface area contributed by atoms with Gasteiger partial charge in [0.1, 0.15) is 47.5 Å². The van der Waals surface area contributed by atoms with Crippen LogP contribution in [0.5, 0.6) is 11.5 Å². The van der Waals surface area contributed by atoms with Crippen LogP contribution in [0.2, 0.25) is 0 Å². The van der Waals surface area contributed by atoms with Crippen LogP contribution in [-0.4, -0.2) is 124 Å². The van der Waals surface area contributed by atoms with Crippen molar-refractivity contribution in [2.45, 2.75) is 90.4 Å². The maximum atomic E-state index is 14.2. The van der Waals surface area contributed by atoms with Gasteiger partial charge in [-0.05, 0) is 107 Å². The first kappa shape index (κ1) is 55.3. The first-order valence-electron chi connectivity index (χ1n) is 25.7. The van der Waals surface area contributed by atoms with Crippen molar-refractivity contribution in [2.24, 2.45) is 5.92 Å². The number of hydrogen-bond donors (Lipinski definition) is 2. The number of likely N-dealkylation sites (tertiary alicyclic amines) is 1. The minimum atomic E-state index is -0.581. The number of rotatable bonds is 28. The Bertz CT molecular complexity index is 2700. The zero-order valence-corrected chi connectivity index (χ0v) is 43.9. The number of hydrogen-bond acceptors (Lipinski definition) is 14. The summed E-state index contributed by atoms with van der Waals surface area (Å²) in [6.07, 6.45) is 6.66. The van der Waals surface area contributed by atoms with Gasteiger partial charge in [-0.2, -0.15) is 10.5 Å². The Kier molecular flexibility index (Phi) is 21.1. The predicted molar refractivity (Wildman–Crippen MR) is 281 cm³/mol. The molecule has 2 aliphatic rings. The molecule has 1 aliphatic heterocycles. The molecule has 5 aromatic rings. The van der Waals surface area contributed by atoms with Gasteiger partial charge in [-0.15, -0.1) is 11.3 Å². The zero-order chi connectivity index (χ0) is 52.2. The smallest absolute Gasteiger partial charge is 0.246 e. The molecule has 1 saturated heterocycles. The number of thiazole rings is 1. The van der Waals surface area contributed by atoms with E-state index in [2.05, 4.69) is 27.3 Å². The van der Waals surface area contributed by atoms with Crippen molar-refractivity contribution in [2.75, 3.05) is 79.7 Å². The van der Waals surface area contributed by atoms with Gasteiger partial charge in [-0.25, -0.2) is 4.98 Å². The Hall–Kier alpha value is -6.44. The highest BCUT2D eigenvalue weighted by Gasteiger charge is 2.40. The molecule has 3 heterocycles. The summed E-state index contributed by atoms with van der Waals surface area (Å²) in [4.78, 5) is 47.4. The fraction of sp³-hybridized carbons (Fsp3) is 0.474. The maximum absolute atomic E-state index is 14.2. The average molecular weight is 1030 g/mol. The molecule has 0 unspecified atom stereocenters. The Morgan fingerprint density at radius 2 is 1.39 bits per heavy atom. The Labute approximate surface area is 438 Å². The summed E-state index contributed by atoms with van der Waals surface area (Å²) < 4.78 is 36.5. The van der Waals surface area contributed by atoms with Gasteiger partial charge < -0.3 is 48.5 Å². The fourth-order valence-corrected chi connectivity index (χ4v) is 10.5. The van der Waals surface area contributed by atoms with Crippen LogP contribution in [0.4, 0.5) is 0 Å². The lowest BCUT2D eigenvalue weighted by molar-refractivity contribution is -0.139. The van der Waals surface area contributed by atoms with Crippen LogP contribution in [-0.2, 0) is 35.1 Å². The molecule has 3 aromatic carbocycles. The molecule has 3 atom stereocenters. The fourth-order valence-electron chi connectivity index (χ4n) is 9.54. The third kappa shape index (κ3) is 14.9. The number of aromatic nitrogens is 2. The molecule has 74 heavy (non-hydrogen) atoms. The van der Waals surface area contributed by atoms with Gasteiger partial charge in [0.2, 0.25) is 17.6 Å². The van der Waals surface area contributed by atoms with E-state index >= 15 is 0 Å². The lowest BCUT2D eigenvalue weighted by atomic mass is 9.83. The molecule has 2 amide bonds. The predicted octanol–water partition coefficient (Wildman–Crippen LogP) is 8.11. The molecule has 1 aliphatic carbocycles. The molecule has 7 rings (SSSR count). The van der Waals surface area contributed by atoms with Crippen LogP contribution >= 0.6 is 11.3 Å². The normalized spacial score (nSPS) is 15.5. The Balaban J connectivity index is 0.723. The van der Waals surface area contributed by atoms with Gasteiger partial charge in [-0.3, -0.25) is 14.4 Å². The van der Waals surface area contributed by atoms with Crippen molar-refractivity contribution >= 4 is 28.9 Å². The van der Waals surface area contributed by atoms with Crippen molar-refractivity contribution in [3.05, 3.63) is 123 Å². The number of nitrogens with one attached hydrogen (secondary N) is 2. The highest BCUT2D eigenvalue weighted by molar-refractivity contribution is 7.10. The van der Waals surface area contributed by atoms with E-state index in [4.69, 9.17) is 33.4 Å². The molecule has 0 radical (unpaired) electrons. The van der Waals surface area contributed by atoms with Crippen molar-refractivity contribution in [3.63, 3.8) is 0 Å². The van der Waals surface area contributed by atoms with Gasteiger partial charge in [0.15, 0.2) is 0 Å². The largest absolute Gasteiger partial charge is 0.491 e. The van der Waals surface area contributed by atoms with Gasteiger partial charge in [0.25, 0.3) is 0 Å². The summed E-state index contributed by atoms with van der Waals surface area (Å²) in [6.45, 7) is 11.0.